The summed E-state index contributed by atoms with van der Waals surface area (Å²) < 4.78 is 45.7. The number of methoxy groups -OCH3 is 2. The first kappa shape index (κ1) is 48.8. The summed E-state index contributed by atoms with van der Waals surface area (Å²) in [5.74, 6) is 1.67. The fraction of sp³-hybridized carbons (Fsp3) is 0.418. The summed E-state index contributed by atoms with van der Waals surface area (Å²) in [4.78, 5) is 27.2. The van der Waals surface area contributed by atoms with E-state index < -0.39 is 21.2 Å². The van der Waals surface area contributed by atoms with Gasteiger partial charge < -0.3 is 19.3 Å². The molecule has 0 radical (unpaired) electrons. The number of nitrogens with one attached hydrogen (secondary N) is 1. The van der Waals surface area contributed by atoms with Crippen molar-refractivity contribution in [3.05, 3.63) is 145 Å². The highest BCUT2D eigenvalue weighted by Gasteiger charge is 2.31. The van der Waals surface area contributed by atoms with E-state index in [9.17, 15) is 23.1 Å². The van der Waals surface area contributed by atoms with Crippen molar-refractivity contribution in [3.63, 3.8) is 0 Å². The van der Waals surface area contributed by atoms with Crippen molar-refractivity contribution in [3.8, 4) is 23.0 Å². The third-order valence-electron chi connectivity index (χ3n) is 12.4. The molecule has 0 aliphatic heterocycles. The molecule has 346 valence electrons. The Labute approximate surface area is 386 Å². The van der Waals surface area contributed by atoms with Crippen molar-refractivity contribution in [2.45, 2.75) is 142 Å². The van der Waals surface area contributed by atoms with Crippen molar-refractivity contribution in [1.29, 1.82) is 0 Å². The molecule has 0 heterocycles. The first-order valence-corrected chi connectivity index (χ1v) is 23.8. The maximum absolute atomic E-state index is 14.0. The summed E-state index contributed by atoms with van der Waals surface area (Å²) in [7, 11) is -1.31. The highest BCUT2D eigenvalue weighted by atomic mass is 32.2. The van der Waals surface area contributed by atoms with E-state index in [0.717, 1.165) is 61.2 Å². The van der Waals surface area contributed by atoms with Crippen LogP contribution in [0.2, 0.25) is 0 Å². The lowest BCUT2D eigenvalue weighted by Crippen LogP contribution is -2.37. The van der Waals surface area contributed by atoms with E-state index in [-0.39, 0.29) is 50.9 Å². The molecule has 2 N–H and O–H groups in total. The Kier molecular flexibility index (Phi) is 13.3. The first-order valence-electron chi connectivity index (χ1n) is 22.3. The maximum Gasteiger partial charge on any atom is 0.420 e. The number of hydrogen-bond acceptors (Lipinski definition) is 8. The van der Waals surface area contributed by atoms with Gasteiger partial charge in [0.05, 0.1) is 19.1 Å². The topological polar surface area (TPSA) is 128 Å². The number of hydrogen-bond donors (Lipinski definition) is 2. The number of carbonyl (C=O) groups excluding carboxylic acids is 2. The number of carbonyl (C=O) groups is 2. The van der Waals surface area contributed by atoms with E-state index in [0.29, 0.717) is 35.5 Å². The molecule has 1 aliphatic rings. The molecule has 6 rings (SSSR count). The summed E-state index contributed by atoms with van der Waals surface area (Å²) in [5, 5.41) is 12.9. The number of phenols is 1. The predicted molar refractivity (Wildman–Crippen MR) is 259 cm³/mol. The lowest BCUT2D eigenvalue weighted by Gasteiger charge is -2.28. The van der Waals surface area contributed by atoms with Crippen LogP contribution in [-0.2, 0) is 57.2 Å². The maximum atomic E-state index is 14.0. The summed E-state index contributed by atoms with van der Waals surface area (Å²) in [6, 6.07) is 22.6. The molecule has 8 bridgehead atoms. The molecule has 10 heteroatoms. The van der Waals surface area contributed by atoms with Gasteiger partial charge in [0.1, 0.15) is 23.0 Å². The Morgan fingerprint density at radius 3 is 1.11 bits per heavy atom. The lowest BCUT2D eigenvalue weighted by atomic mass is 9.79. The van der Waals surface area contributed by atoms with Crippen LogP contribution in [0.5, 0.6) is 23.0 Å². The van der Waals surface area contributed by atoms with Gasteiger partial charge in [-0.05, 0) is 96.4 Å². The number of aromatic hydroxyl groups is 1. The predicted octanol–water partition coefficient (Wildman–Crippen LogP) is 12.3. The quantitative estimate of drug-likeness (QED) is 0.179. The highest BCUT2D eigenvalue weighted by Crippen LogP contribution is 2.44. The zero-order chi connectivity index (χ0) is 48.2. The van der Waals surface area contributed by atoms with Crippen LogP contribution in [0.4, 0.5) is 9.59 Å². The summed E-state index contributed by atoms with van der Waals surface area (Å²) >= 11 is 0. The van der Waals surface area contributed by atoms with Crippen LogP contribution in [-0.4, -0.2) is 39.1 Å². The van der Waals surface area contributed by atoms with Crippen molar-refractivity contribution in [1.82, 2.24) is 5.32 Å². The number of benzene rings is 5. The molecule has 0 saturated heterocycles. The van der Waals surface area contributed by atoms with Crippen molar-refractivity contribution >= 4 is 21.2 Å². The van der Waals surface area contributed by atoms with Gasteiger partial charge in [-0.1, -0.05) is 149 Å². The smallest absolute Gasteiger partial charge is 0.420 e. The van der Waals surface area contributed by atoms with Crippen molar-refractivity contribution in [2.75, 3.05) is 14.2 Å². The number of sulfone groups is 1. The third-order valence-corrected chi connectivity index (χ3v) is 13.8. The summed E-state index contributed by atoms with van der Waals surface area (Å²) in [6.07, 6.45) is -0.0344. The molecule has 0 atom stereocenters. The van der Waals surface area contributed by atoms with Crippen LogP contribution in [0.25, 0.3) is 0 Å². The van der Waals surface area contributed by atoms with Gasteiger partial charge in [0.2, 0.25) is 0 Å². The molecule has 65 heavy (non-hydrogen) atoms. The zero-order valence-corrected chi connectivity index (χ0v) is 41.8. The summed E-state index contributed by atoms with van der Waals surface area (Å²) in [6.45, 7) is 27.6. The summed E-state index contributed by atoms with van der Waals surface area (Å²) in [5.41, 5.74) is 10.00. The van der Waals surface area contributed by atoms with Crippen molar-refractivity contribution < 1.29 is 37.3 Å². The van der Waals surface area contributed by atoms with Gasteiger partial charge in [-0.25, -0.2) is 18.5 Å². The van der Waals surface area contributed by atoms with Crippen molar-refractivity contribution in [2.24, 2.45) is 0 Å². The Balaban J connectivity index is 1.68. The Morgan fingerprint density at radius 1 is 0.508 bits per heavy atom. The number of phenolic OH excluding ortho intramolecular Hbond substituents is 1. The number of aryl methyl sites for hydroxylation is 1. The minimum atomic E-state index is -4.59. The fourth-order valence-corrected chi connectivity index (χ4v) is 9.31. The SMILES string of the molecule is COc1c2cc(C(C)(C)C)cc1Cc1cc(C(C)(C)C)cc(c1OC(=O)NC(=O)S(=O)(=O)c1ccc(C)cc1)Cc1cc(C(C)(C)C)cc(c1OC)Cc1cc(C(C)(C)C)cc(c1O)C2. The highest BCUT2D eigenvalue weighted by molar-refractivity contribution is 8.06. The molecule has 1 aliphatic carbocycles. The molecule has 0 aromatic heterocycles. The molecule has 9 nitrogen and oxygen atoms in total. The first-order chi connectivity index (χ1) is 30.0. The second-order valence-electron chi connectivity index (χ2n) is 21.7. The van der Waals surface area contributed by atoms with Crippen LogP contribution < -0.4 is 19.5 Å². The van der Waals surface area contributed by atoms with Gasteiger partial charge in [0, 0.05) is 36.8 Å². The van der Waals surface area contributed by atoms with Gasteiger partial charge in [-0.3, -0.25) is 4.79 Å². The van der Waals surface area contributed by atoms with Crippen LogP contribution in [0, 0.1) is 6.92 Å². The fourth-order valence-electron chi connectivity index (χ4n) is 8.38. The lowest BCUT2D eigenvalue weighted by molar-refractivity contribution is 0.200. The Hall–Kier alpha value is -5.61. The van der Waals surface area contributed by atoms with E-state index >= 15 is 0 Å². The number of imide groups is 1. The monoisotopic (exact) mass is 901 g/mol. The van der Waals surface area contributed by atoms with Crippen LogP contribution >= 0.6 is 0 Å². The number of rotatable bonds is 4. The van der Waals surface area contributed by atoms with Gasteiger partial charge >= 0.3 is 11.3 Å². The number of ether oxygens (including phenoxy) is 3. The molecule has 0 spiro atoms. The molecule has 0 unspecified atom stereocenters. The molecule has 5 aromatic carbocycles. The van der Waals surface area contributed by atoms with Gasteiger partial charge in [-0.2, -0.15) is 0 Å². The van der Waals surface area contributed by atoms with Gasteiger partial charge in [0.25, 0.3) is 9.84 Å². The van der Waals surface area contributed by atoms with Crippen LogP contribution in [0.1, 0.15) is 155 Å². The van der Waals surface area contributed by atoms with E-state index in [1.165, 1.54) is 12.1 Å². The van der Waals surface area contributed by atoms with E-state index in [1.54, 1.807) is 33.3 Å². The number of fused-ring (bicyclic) bond motifs is 8. The van der Waals surface area contributed by atoms with E-state index in [1.807, 2.05) is 17.4 Å². The molecule has 5 aromatic rings. The molecule has 0 fully saturated rings. The standard InChI is InChI=1S/C55H67NO8S/c1-32-16-18-45(19-17-32)65(60,61)51(59)56-50(58)64-49-39-22-37-28-42(53(5,6)7)26-35(47(37)62-14)20-33-24-41(52(2,3)4)25-34(46(33)57)21-36-27-43(54(8,9)10)29-38(48(36)63-15)23-40(49)31-44(30-39)55(11,12)13/h16-19,24-31,57H,20-23H2,1-15H3,(H,56,58,59). The van der Waals surface area contributed by atoms with Crippen LogP contribution in [0.15, 0.2) is 77.7 Å². The largest absolute Gasteiger partial charge is 0.507 e. The Bertz CT molecular complexity index is 2650. The Morgan fingerprint density at radius 2 is 0.800 bits per heavy atom. The average molecular weight is 902 g/mol. The van der Waals surface area contributed by atoms with E-state index in [4.69, 9.17) is 14.2 Å². The zero-order valence-electron chi connectivity index (χ0n) is 41.0. The average Bonchev–Trinajstić information content (AvgIpc) is 3.18. The normalized spacial score (nSPS) is 13.5. The molecular weight excluding hydrogens is 835 g/mol. The van der Waals surface area contributed by atoms with E-state index in [2.05, 4.69) is 119 Å². The number of amides is 2. The second-order valence-corrected chi connectivity index (χ2v) is 23.6. The minimum Gasteiger partial charge on any atom is -0.507 e. The molecule has 0 saturated carbocycles. The van der Waals surface area contributed by atoms with Gasteiger partial charge in [0.15, 0.2) is 0 Å². The third kappa shape index (κ3) is 10.6. The molecular formula is C55H67NO8S. The van der Waals surface area contributed by atoms with Crippen LogP contribution in [0.3, 0.4) is 0 Å². The molecule has 2 amide bonds. The second kappa shape index (κ2) is 17.6. The van der Waals surface area contributed by atoms with Gasteiger partial charge in [-0.15, -0.1) is 0 Å². The minimum absolute atomic E-state index is 0.190.